The van der Waals surface area contributed by atoms with Crippen LogP contribution in [0.5, 0.6) is 0 Å². The van der Waals surface area contributed by atoms with Gasteiger partial charge in [-0.3, -0.25) is 9.59 Å². The highest BCUT2D eigenvalue weighted by Crippen LogP contribution is 2.32. The van der Waals surface area contributed by atoms with E-state index in [-0.39, 0.29) is 24.2 Å². The molecule has 0 radical (unpaired) electrons. The van der Waals surface area contributed by atoms with Crippen molar-refractivity contribution in [3.8, 4) is 0 Å². The second kappa shape index (κ2) is 8.02. The highest BCUT2D eigenvalue weighted by atomic mass is 35.5. The number of amides is 2. The summed E-state index contributed by atoms with van der Waals surface area (Å²) in [7, 11) is 0. The SMILES string of the molecule is O=C([C@@H]1CC(=O)N(c2ccccc2Cl)C1)N1CCN(c2ccccc2Cl)CC1. The molecule has 2 saturated heterocycles. The van der Waals surface area contributed by atoms with E-state index in [9.17, 15) is 9.59 Å². The van der Waals surface area contributed by atoms with Gasteiger partial charge in [-0.05, 0) is 24.3 Å². The van der Waals surface area contributed by atoms with E-state index >= 15 is 0 Å². The summed E-state index contributed by atoms with van der Waals surface area (Å²) in [6.45, 7) is 3.09. The third kappa shape index (κ3) is 3.69. The van der Waals surface area contributed by atoms with Gasteiger partial charge in [-0.2, -0.15) is 0 Å². The highest BCUT2D eigenvalue weighted by Gasteiger charge is 2.38. The summed E-state index contributed by atoms with van der Waals surface area (Å²) in [5.74, 6) is -0.335. The normalized spacial score (nSPS) is 20.0. The van der Waals surface area contributed by atoms with Gasteiger partial charge >= 0.3 is 0 Å². The number of hydrogen-bond acceptors (Lipinski definition) is 3. The molecule has 0 spiro atoms. The molecule has 2 aliphatic heterocycles. The maximum absolute atomic E-state index is 13.0. The number of piperazine rings is 1. The fourth-order valence-electron chi connectivity index (χ4n) is 3.91. The minimum atomic E-state index is -0.323. The molecule has 0 bridgehead atoms. The molecule has 5 nitrogen and oxygen atoms in total. The Labute approximate surface area is 174 Å². The van der Waals surface area contributed by atoms with Gasteiger partial charge < -0.3 is 14.7 Å². The first-order valence-electron chi connectivity index (χ1n) is 9.38. The van der Waals surface area contributed by atoms with Crippen molar-refractivity contribution in [1.29, 1.82) is 0 Å². The van der Waals surface area contributed by atoms with Crippen molar-refractivity contribution < 1.29 is 9.59 Å². The third-order valence-electron chi connectivity index (χ3n) is 5.40. The van der Waals surface area contributed by atoms with Crippen LogP contribution in [0.15, 0.2) is 48.5 Å². The molecule has 0 unspecified atom stereocenters. The Morgan fingerprint density at radius 2 is 1.43 bits per heavy atom. The summed E-state index contributed by atoms with van der Waals surface area (Å²) < 4.78 is 0. The van der Waals surface area contributed by atoms with Crippen LogP contribution in [0.1, 0.15) is 6.42 Å². The van der Waals surface area contributed by atoms with E-state index in [4.69, 9.17) is 23.2 Å². The summed E-state index contributed by atoms with van der Waals surface area (Å²) in [6, 6.07) is 15.0. The molecule has 2 heterocycles. The van der Waals surface area contributed by atoms with Crippen LogP contribution in [-0.4, -0.2) is 49.4 Å². The van der Waals surface area contributed by atoms with Crippen LogP contribution in [0.4, 0.5) is 11.4 Å². The lowest BCUT2D eigenvalue weighted by molar-refractivity contribution is -0.136. The third-order valence-corrected chi connectivity index (χ3v) is 6.04. The van der Waals surface area contributed by atoms with Gasteiger partial charge in [0.25, 0.3) is 0 Å². The van der Waals surface area contributed by atoms with Gasteiger partial charge in [0.05, 0.1) is 27.3 Å². The number of anilines is 2. The number of benzene rings is 2. The van der Waals surface area contributed by atoms with Crippen LogP contribution in [0.25, 0.3) is 0 Å². The standard InChI is InChI=1S/C21H21Cl2N3O2/c22-16-5-1-3-7-18(16)24-9-11-25(12-10-24)21(28)15-13-20(27)26(14-15)19-8-4-2-6-17(19)23/h1-8,15H,9-14H2/t15-/m1/s1. The predicted octanol–water partition coefficient (Wildman–Crippen LogP) is 3.70. The van der Waals surface area contributed by atoms with Gasteiger partial charge in [-0.25, -0.2) is 0 Å². The van der Waals surface area contributed by atoms with Crippen molar-refractivity contribution in [2.24, 2.45) is 5.92 Å². The largest absolute Gasteiger partial charge is 0.367 e. The molecule has 2 fully saturated rings. The van der Waals surface area contributed by atoms with Crippen LogP contribution < -0.4 is 9.80 Å². The van der Waals surface area contributed by atoms with Crippen molar-refractivity contribution in [1.82, 2.24) is 4.90 Å². The molecule has 2 aromatic rings. The van der Waals surface area contributed by atoms with Gasteiger partial charge in [0.15, 0.2) is 0 Å². The molecule has 7 heteroatoms. The van der Waals surface area contributed by atoms with Crippen LogP contribution in [0.2, 0.25) is 10.0 Å². The lowest BCUT2D eigenvalue weighted by Gasteiger charge is -2.37. The molecule has 2 amide bonds. The molecule has 4 rings (SSSR count). The van der Waals surface area contributed by atoms with Gasteiger partial charge in [0, 0.05) is 39.1 Å². The van der Waals surface area contributed by atoms with Crippen molar-refractivity contribution in [2.75, 3.05) is 42.5 Å². The van der Waals surface area contributed by atoms with E-state index in [2.05, 4.69) is 4.90 Å². The predicted molar refractivity (Wildman–Crippen MR) is 112 cm³/mol. The monoisotopic (exact) mass is 417 g/mol. The topological polar surface area (TPSA) is 43.9 Å². The van der Waals surface area contributed by atoms with Gasteiger partial charge in [0.2, 0.25) is 11.8 Å². The molecule has 0 aromatic heterocycles. The number of nitrogens with zero attached hydrogens (tertiary/aromatic N) is 3. The summed E-state index contributed by atoms with van der Waals surface area (Å²) in [4.78, 5) is 31.1. The lowest BCUT2D eigenvalue weighted by Crippen LogP contribution is -2.50. The molecule has 0 saturated carbocycles. The van der Waals surface area contributed by atoms with Crippen molar-refractivity contribution in [2.45, 2.75) is 6.42 Å². The molecule has 28 heavy (non-hydrogen) atoms. The molecular weight excluding hydrogens is 397 g/mol. The van der Waals surface area contributed by atoms with E-state index in [1.807, 2.05) is 47.4 Å². The Kier molecular flexibility index (Phi) is 5.47. The van der Waals surface area contributed by atoms with Gasteiger partial charge in [-0.15, -0.1) is 0 Å². The Morgan fingerprint density at radius 1 is 0.857 bits per heavy atom. The second-order valence-electron chi connectivity index (χ2n) is 7.12. The maximum atomic E-state index is 13.0. The minimum Gasteiger partial charge on any atom is -0.367 e. The number of rotatable bonds is 3. The number of carbonyl (C=O) groups excluding carboxylic acids is 2. The van der Waals surface area contributed by atoms with E-state index < -0.39 is 0 Å². The zero-order chi connectivity index (χ0) is 19.7. The number of para-hydroxylation sites is 2. The van der Waals surface area contributed by atoms with Crippen LogP contribution in [0, 0.1) is 5.92 Å². The van der Waals surface area contributed by atoms with Crippen LogP contribution in [0.3, 0.4) is 0 Å². The number of halogens is 2. The average molecular weight is 418 g/mol. The van der Waals surface area contributed by atoms with Crippen LogP contribution >= 0.6 is 23.2 Å². The van der Waals surface area contributed by atoms with Gasteiger partial charge in [0.1, 0.15) is 0 Å². The highest BCUT2D eigenvalue weighted by molar-refractivity contribution is 6.34. The zero-order valence-electron chi connectivity index (χ0n) is 15.4. The van der Waals surface area contributed by atoms with E-state index in [0.717, 1.165) is 23.8 Å². The molecule has 0 aliphatic carbocycles. The maximum Gasteiger partial charge on any atom is 0.228 e. The van der Waals surface area contributed by atoms with Crippen molar-refractivity contribution >= 4 is 46.4 Å². The van der Waals surface area contributed by atoms with E-state index in [1.54, 1.807) is 11.0 Å². The molecule has 2 aromatic carbocycles. The first-order valence-corrected chi connectivity index (χ1v) is 10.1. The smallest absolute Gasteiger partial charge is 0.228 e. The van der Waals surface area contributed by atoms with Crippen molar-refractivity contribution in [3.63, 3.8) is 0 Å². The molecule has 0 N–H and O–H groups in total. The first kappa shape index (κ1) is 19.1. The fourth-order valence-corrected chi connectivity index (χ4v) is 4.40. The van der Waals surface area contributed by atoms with E-state index in [1.165, 1.54) is 0 Å². The summed E-state index contributed by atoms with van der Waals surface area (Å²) in [5.41, 5.74) is 1.67. The Balaban J connectivity index is 1.39. The van der Waals surface area contributed by atoms with Gasteiger partial charge in [-0.1, -0.05) is 47.5 Å². The van der Waals surface area contributed by atoms with Crippen molar-refractivity contribution in [3.05, 3.63) is 58.6 Å². The first-order chi connectivity index (χ1) is 13.5. The Morgan fingerprint density at radius 3 is 2.04 bits per heavy atom. The van der Waals surface area contributed by atoms with E-state index in [0.29, 0.717) is 30.3 Å². The molecule has 1 atom stereocenters. The summed E-state index contributed by atoms with van der Waals surface area (Å²) >= 11 is 12.5. The summed E-state index contributed by atoms with van der Waals surface area (Å²) in [6.07, 6.45) is 0.231. The molecular formula is C21H21Cl2N3O2. The van der Waals surface area contributed by atoms with Crippen LogP contribution in [-0.2, 0) is 9.59 Å². The minimum absolute atomic E-state index is 0.0433. The Hall–Kier alpha value is -2.24. The molecule has 146 valence electrons. The second-order valence-corrected chi connectivity index (χ2v) is 7.93. The number of carbonyl (C=O) groups is 2. The lowest BCUT2D eigenvalue weighted by atomic mass is 10.1. The number of hydrogen-bond donors (Lipinski definition) is 0. The summed E-state index contributed by atoms with van der Waals surface area (Å²) in [5, 5.41) is 1.25. The quantitative estimate of drug-likeness (QED) is 0.764. The average Bonchev–Trinajstić information content (AvgIpc) is 3.10. The zero-order valence-corrected chi connectivity index (χ0v) is 16.9. The fraction of sp³-hybridized carbons (Fsp3) is 0.333. The Bertz CT molecular complexity index is 897. The molecule has 2 aliphatic rings.